The number of hydrogen-bond donors (Lipinski definition) is 1. The summed E-state index contributed by atoms with van der Waals surface area (Å²) in [6.07, 6.45) is 4.86. The van der Waals surface area contributed by atoms with Gasteiger partial charge in [-0.25, -0.2) is 0 Å². The summed E-state index contributed by atoms with van der Waals surface area (Å²) in [5.74, 6) is 1.09. The summed E-state index contributed by atoms with van der Waals surface area (Å²) >= 11 is 0. The zero-order chi connectivity index (χ0) is 18.6. The number of likely N-dealkylation sites (tertiary alicyclic amines) is 1. The van der Waals surface area contributed by atoms with E-state index in [0.717, 1.165) is 45.2 Å². The molecule has 2 amide bonds. The SMILES string of the molecule is Cl.O=C(COc1ccccc1)N1CCC(C(=O)N2C3CCNCC2CC3)CC1. The number of piperidine rings is 1. The van der Waals surface area contributed by atoms with Gasteiger partial charge in [0.25, 0.3) is 5.91 Å². The zero-order valence-corrected chi connectivity index (χ0v) is 17.0. The number of nitrogens with zero attached hydrogens (tertiary/aromatic N) is 2. The van der Waals surface area contributed by atoms with Crippen LogP contribution in [0, 0.1) is 5.92 Å². The van der Waals surface area contributed by atoms with Crippen molar-refractivity contribution in [3.8, 4) is 5.75 Å². The molecular formula is C21H30ClN3O3. The van der Waals surface area contributed by atoms with Crippen LogP contribution in [0.2, 0.25) is 0 Å². The normalized spacial score (nSPS) is 25.0. The monoisotopic (exact) mass is 407 g/mol. The minimum atomic E-state index is 0. The van der Waals surface area contributed by atoms with Crippen LogP contribution < -0.4 is 10.1 Å². The third-order valence-electron chi connectivity index (χ3n) is 6.21. The standard InChI is InChI=1S/C21H29N3O3.ClH/c25-20(15-27-19-4-2-1-3-5-19)23-12-9-16(10-13-23)21(26)24-17-6-7-18(24)14-22-11-8-17;/h1-5,16-18,22H,6-15H2;1H. The number of para-hydroxylation sites is 1. The Bertz CT molecular complexity index is 650. The molecule has 0 aromatic heterocycles. The quantitative estimate of drug-likeness (QED) is 0.830. The Labute approximate surface area is 173 Å². The first-order chi connectivity index (χ1) is 13.2. The predicted molar refractivity (Wildman–Crippen MR) is 110 cm³/mol. The van der Waals surface area contributed by atoms with Crippen molar-refractivity contribution in [3.05, 3.63) is 30.3 Å². The number of benzene rings is 1. The minimum absolute atomic E-state index is 0. The summed E-state index contributed by atoms with van der Waals surface area (Å²) in [5.41, 5.74) is 0. The molecule has 0 radical (unpaired) electrons. The number of amides is 2. The molecule has 0 aliphatic carbocycles. The molecule has 7 heteroatoms. The van der Waals surface area contributed by atoms with E-state index in [-0.39, 0.29) is 30.8 Å². The van der Waals surface area contributed by atoms with Crippen molar-refractivity contribution in [2.24, 2.45) is 5.92 Å². The molecule has 2 atom stereocenters. The highest BCUT2D eigenvalue weighted by Gasteiger charge is 2.41. The highest BCUT2D eigenvalue weighted by molar-refractivity contribution is 5.85. The van der Waals surface area contributed by atoms with Gasteiger partial charge in [0.15, 0.2) is 6.61 Å². The lowest BCUT2D eigenvalue weighted by Crippen LogP contribution is -2.49. The number of nitrogens with one attached hydrogen (secondary N) is 1. The van der Waals surface area contributed by atoms with Crippen LogP contribution in [0.15, 0.2) is 30.3 Å². The first-order valence-corrected chi connectivity index (χ1v) is 10.2. The van der Waals surface area contributed by atoms with Gasteiger partial charge in [0.1, 0.15) is 5.75 Å². The van der Waals surface area contributed by atoms with Crippen LogP contribution >= 0.6 is 12.4 Å². The van der Waals surface area contributed by atoms with Crippen LogP contribution in [-0.4, -0.2) is 66.5 Å². The molecule has 3 aliphatic heterocycles. The Morgan fingerprint density at radius 2 is 1.71 bits per heavy atom. The zero-order valence-electron chi connectivity index (χ0n) is 16.2. The number of fused-ring (bicyclic) bond motifs is 2. The van der Waals surface area contributed by atoms with Gasteiger partial charge in [0, 0.05) is 37.6 Å². The van der Waals surface area contributed by atoms with E-state index in [1.807, 2.05) is 35.2 Å². The molecule has 28 heavy (non-hydrogen) atoms. The molecular weight excluding hydrogens is 378 g/mol. The average molecular weight is 408 g/mol. The van der Waals surface area contributed by atoms with Crippen LogP contribution in [0.4, 0.5) is 0 Å². The highest BCUT2D eigenvalue weighted by Crippen LogP contribution is 2.31. The molecule has 0 spiro atoms. The molecule has 2 bridgehead atoms. The lowest BCUT2D eigenvalue weighted by Gasteiger charge is -2.36. The van der Waals surface area contributed by atoms with Gasteiger partial charge in [-0.15, -0.1) is 12.4 Å². The fourth-order valence-corrected chi connectivity index (χ4v) is 4.68. The van der Waals surface area contributed by atoms with Crippen molar-refractivity contribution in [2.45, 2.75) is 44.2 Å². The number of rotatable bonds is 4. The lowest BCUT2D eigenvalue weighted by atomic mass is 9.94. The Morgan fingerprint density at radius 3 is 2.46 bits per heavy atom. The minimum Gasteiger partial charge on any atom is -0.484 e. The fourth-order valence-electron chi connectivity index (χ4n) is 4.68. The summed E-state index contributed by atoms with van der Waals surface area (Å²) in [6.45, 7) is 3.30. The Hall–Kier alpha value is -1.79. The first kappa shape index (κ1) is 20.9. The van der Waals surface area contributed by atoms with E-state index in [0.29, 0.717) is 36.8 Å². The average Bonchev–Trinajstić information content (AvgIpc) is 2.99. The molecule has 3 aliphatic rings. The predicted octanol–water partition coefficient (Wildman–Crippen LogP) is 2.08. The van der Waals surface area contributed by atoms with Gasteiger partial charge in [-0.2, -0.15) is 0 Å². The number of carbonyl (C=O) groups is 2. The van der Waals surface area contributed by atoms with E-state index in [9.17, 15) is 9.59 Å². The van der Waals surface area contributed by atoms with Gasteiger partial charge < -0.3 is 19.9 Å². The summed E-state index contributed by atoms with van der Waals surface area (Å²) in [7, 11) is 0. The van der Waals surface area contributed by atoms with Crippen LogP contribution in [0.25, 0.3) is 0 Å². The van der Waals surface area contributed by atoms with Gasteiger partial charge in [-0.1, -0.05) is 18.2 Å². The topological polar surface area (TPSA) is 61.9 Å². The van der Waals surface area contributed by atoms with Crippen LogP contribution in [0.5, 0.6) is 5.75 Å². The molecule has 4 rings (SSSR count). The fraction of sp³-hybridized carbons (Fsp3) is 0.619. The third kappa shape index (κ3) is 4.61. The summed E-state index contributed by atoms with van der Waals surface area (Å²) in [5, 5.41) is 3.46. The van der Waals surface area contributed by atoms with Crippen molar-refractivity contribution in [1.29, 1.82) is 0 Å². The number of carbonyl (C=O) groups excluding carboxylic acids is 2. The molecule has 3 heterocycles. The van der Waals surface area contributed by atoms with Crippen molar-refractivity contribution in [2.75, 3.05) is 32.8 Å². The van der Waals surface area contributed by atoms with Crippen LogP contribution in [-0.2, 0) is 9.59 Å². The molecule has 154 valence electrons. The molecule has 6 nitrogen and oxygen atoms in total. The Balaban J connectivity index is 0.00000225. The van der Waals surface area contributed by atoms with Crippen LogP contribution in [0.3, 0.4) is 0 Å². The van der Waals surface area contributed by atoms with Gasteiger partial charge in [-0.3, -0.25) is 9.59 Å². The van der Waals surface area contributed by atoms with Gasteiger partial charge >= 0.3 is 0 Å². The van der Waals surface area contributed by atoms with E-state index < -0.39 is 0 Å². The number of halogens is 1. The second-order valence-corrected chi connectivity index (χ2v) is 7.88. The van der Waals surface area contributed by atoms with E-state index in [1.54, 1.807) is 0 Å². The third-order valence-corrected chi connectivity index (χ3v) is 6.21. The second kappa shape index (κ2) is 9.61. The molecule has 0 saturated carbocycles. The molecule has 1 N–H and O–H groups in total. The Kier molecular flexibility index (Phi) is 7.18. The van der Waals surface area contributed by atoms with Crippen molar-refractivity contribution < 1.29 is 14.3 Å². The molecule has 2 unspecified atom stereocenters. The highest BCUT2D eigenvalue weighted by atomic mass is 35.5. The van der Waals surface area contributed by atoms with E-state index in [4.69, 9.17) is 4.74 Å². The maximum absolute atomic E-state index is 13.1. The maximum Gasteiger partial charge on any atom is 0.260 e. The van der Waals surface area contributed by atoms with Crippen molar-refractivity contribution >= 4 is 24.2 Å². The molecule has 3 saturated heterocycles. The Morgan fingerprint density at radius 1 is 1.00 bits per heavy atom. The van der Waals surface area contributed by atoms with Gasteiger partial charge in [-0.05, 0) is 50.8 Å². The van der Waals surface area contributed by atoms with Crippen molar-refractivity contribution in [3.63, 3.8) is 0 Å². The van der Waals surface area contributed by atoms with E-state index >= 15 is 0 Å². The second-order valence-electron chi connectivity index (χ2n) is 7.88. The largest absolute Gasteiger partial charge is 0.484 e. The summed E-state index contributed by atoms with van der Waals surface area (Å²) in [6, 6.07) is 10.2. The summed E-state index contributed by atoms with van der Waals surface area (Å²) in [4.78, 5) is 29.6. The van der Waals surface area contributed by atoms with Gasteiger partial charge in [0.2, 0.25) is 5.91 Å². The molecule has 1 aromatic carbocycles. The number of hydrogen-bond acceptors (Lipinski definition) is 4. The summed E-state index contributed by atoms with van der Waals surface area (Å²) < 4.78 is 5.57. The first-order valence-electron chi connectivity index (χ1n) is 10.2. The van der Waals surface area contributed by atoms with Crippen LogP contribution in [0.1, 0.15) is 32.1 Å². The van der Waals surface area contributed by atoms with E-state index in [1.165, 1.54) is 0 Å². The lowest BCUT2D eigenvalue weighted by molar-refractivity contribution is -0.143. The molecule has 1 aromatic rings. The number of ether oxygens (including phenoxy) is 1. The van der Waals surface area contributed by atoms with Crippen molar-refractivity contribution in [1.82, 2.24) is 15.1 Å². The smallest absolute Gasteiger partial charge is 0.260 e. The maximum atomic E-state index is 13.1. The molecule has 3 fully saturated rings. The van der Waals surface area contributed by atoms with E-state index in [2.05, 4.69) is 10.2 Å². The van der Waals surface area contributed by atoms with Gasteiger partial charge in [0.05, 0.1) is 0 Å².